The van der Waals surface area contributed by atoms with Crippen LogP contribution in [0.5, 0.6) is 0 Å². The van der Waals surface area contributed by atoms with Gasteiger partial charge >= 0.3 is 0 Å². The van der Waals surface area contributed by atoms with Crippen molar-refractivity contribution in [3.8, 4) is 0 Å². The van der Waals surface area contributed by atoms with Crippen LogP contribution >= 0.6 is 39.5 Å². The third kappa shape index (κ3) is 5.62. The van der Waals surface area contributed by atoms with E-state index < -0.39 is 16.1 Å². The molecule has 3 rings (SSSR count). The third-order valence-electron chi connectivity index (χ3n) is 4.17. The van der Waals surface area contributed by atoms with Crippen molar-refractivity contribution in [1.29, 1.82) is 0 Å². The first-order chi connectivity index (χ1) is 14.8. The lowest BCUT2D eigenvalue weighted by Gasteiger charge is -2.11. The van der Waals surface area contributed by atoms with Crippen molar-refractivity contribution in [2.45, 2.75) is 4.90 Å². The SMILES string of the molecule is O=C(CN1C(=O)S/C(=C\c2ccc(SCCO)c([N+](=O)[O-])c2)C1=O)c1ccc(Br)cc1. The van der Waals surface area contributed by atoms with E-state index in [2.05, 4.69) is 15.9 Å². The normalized spacial score (nSPS) is 15.0. The molecule has 8 nitrogen and oxygen atoms in total. The number of Topliss-reactive ketones (excluding diaryl/α,β-unsaturated/α-hetero) is 1. The van der Waals surface area contributed by atoms with E-state index in [-0.39, 0.29) is 29.5 Å². The van der Waals surface area contributed by atoms with Gasteiger partial charge in [0.1, 0.15) is 0 Å². The molecular formula is C20H15BrN2O6S2. The fraction of sp³-hybridized carbons (Fsp3) is 0.150. The van der Waals surface area contributed by atoms with Crippen LogP contribution < -0.4 is 0 Å². The van der Waals surface area contributed by atoms with E-state index in [1.54, 1.807) is 30.3 Å². The van der Waals surface area contributed by atoms with E-state index in [1.807, 2.05) is 0 Å². The second-order valence-corrected chi connectivity index (χ2v) is 9.30. The summed E-state index contributed by atoms with van der Waals surface area (Å²) in [6.07, 6.45) is 1.39. The van der Waals surface area contributed by atoms with Gasteiger partial charge in [0, 0.05) is 21.9 Å². The molecule has 1 fully saturated rings. The number of nitro groups is 1. The largest absolute Gasteiger partial charge is 0.396 e. The number of aliphatic hydroxyl groups excluding tert-OH is 1. The van der Waals surface area contributed by atoms with Crippen molar-refractivity contribution in [3.63, 3.8) is 0 Å². The highest BCUT2D eigenvalue weighted by molar-refractivity contribution is 9.10. The standard InChI is InChI=1S/C20H15BrN2O6S2/c21-14-4-2-13(3-5-14)16(25)11-22-19(26)18(31-20(22)27)10-12-1-6-17(30-8-7-24)15(9-12)23(28)29/h1-6,9-10,24H,7-8,11H2/b18-10-. The maximum absolute atomic E-state index is 12.7. The highest BCUT2D eigenvalue weighted by atomic mass is 79.9. The number of aliphatic hydroxyl groups is 1. The van der Waals surface area contributed by atoms with E-state index >= 15 is 0 Å². The number of thioether (sulfide) groups is 2. The minimum absolute atomic E-state index is 0.0821. The van der Waals surface area contributed by atoms with Gasteiger partial charge in [0.25, 0.3) is 16.8 Å². The quantitative estimate of drug-likeness (QED) is 0.178. The zero-order valence-electron chi connectivity index (χ0n) is 15.8. The lowest BCUT2D eigenvalue weighted by molar-refractivity contribution is -0.387. The molecule has 1 heterocycles. The summed E-state index contributed by atoms with van der Waals surface area (Å²) in [5.41, 5.74) is 0.597. The van der Waals surface area contributed by atoms with Crippen molar-refractivity contribution >= 4 is 68.1 Å². The average molecular weight is 523 g/mol. The number of imide groups is 1. The molecule has 1 N–H and O–H groups in total. The smallest absolute Gasteiger partial charge is 0.293 e. The molecular weight excluding hydrogens is 508 g/mol. The molecule has 11 heteroatoms. The fourth-order valence-electron chi connectivity index (χ4n) is 2.70. The Bertz CT molecular complexity index is 1090. The maximum Gasteiger partial charge on any atom is 0.293 e. The number of nitro benzene ring substituents is 1. The molecule has 1 aliphatic heterocycles. The molecule has 0 aromatic heterocycles. The summed E-state index contributed by atoms with van der Waals surface area (Å²) < 4.78 is 0.799. The summed E-state index contributed by atoms with van der Waals surface area (Å²) in [4.78, 5) is 49.5. The van der Waals surface area contributed by atoms with Crippen LogP contribution in [0.3, 0.4) is 0 Å². The van der Waals surface area contributed by atoms with Gasteiger partial charge in [-0.25, -0.2) is 0 Å². The lowest BCUT2D eigenvalue weighted by Crippen LogP contribution is -2.33. The Hall–Kier alpha value is -2.47. The molecule has 0 atom stereocenters. The minimum Gasteiger partial charge on any atom is -0.396 e. The summed E-state index contributed by atoms with van der Waals surface area (Å²) in [7, 11) is 0. The molecule has 1 saturated heterocycles. The first-order valence-corrected chi connectivity index (χ1v) is 11.5. The van der Waals surface area contributed by atoms with Crippen LogP contribution in [-0.2, 0) is 4.79 Å². The van der Waals surface area contributed by atoms with E-state index in [4.69, 9.17) is 5.11 Å². The van der Waals surface area contributed by atoms with Gasteiger partial charge in [-0.3, -0.25) is 29.4 Å². The summed E-state index contributed by atoms with van der Waals surface area (Å²) in [6, 6.07) is 11.0. The molecule has 0 radical (unpaired) electrons. The van der Waals surface area contributed by atoms with E-state index in [0.29, 0.717) is 33.5 Å². The second kappa shape index (κ2) is 10.2. The van der Waals surface area contributed by atoms with Crippen LogP contribution in [-0.4, -0.2) is 50.8 Å². The zero-order chi connectivity index (χ0) is 22.5. The Balaban J connectivity index is 1.79. The number of hydrogen-bond acceptors (Lipinski definition) is 8. The topological polar surface area (TPSA) is 118 Å². The van der Waals surface area contributed by atoms with Gasteiger partial charge in [0.15, 0.2) is 5.78 Å². The van der Waals surface area contributed by atoms with Gasteiger partial charge in [-0.2, -0.15) is 0 Å². The summed E-state index contributed by atoms with van der Waals surface area (Å²) >= 11 is 5.10. The average Bonchev–Trinajstić information content (AvgIpc) is 3.00. The molecule has 160 valence electrons. The molecule has 2 aromatic rings. The van der Waals surface area contributed by atoms with E-state index in [0.717, 1.165) is 21.1 Å². The fourth-order valence-corrected chi connectivity index (χ4v) is 4.56. The number of hydrogen-bond donors (Lipinski definition) is 1. The van der Waals surface area contributed by atoms with Gasteiger partial charge < -0.3 is 5.11 Å². The molecule has 0 unspecified atom stereocenters. The highest BCUT2D eigenvalue weighted by Gasteiger charge is 2.36. The van der Waals surface area contributed by atoms with Crippen LogP contribution in [0.2, 0.25) is 0 Å². The van der Waals surface area contributed by atoms with Crippen molar-refractivity contribution < 1.29 is 24.4 Å². The lowest BCUT2D eigenvalue weighted by atomic mass is 10.1. The molecule has 1 aliphatic rings. The van der Waals surface area contributed by atoms with Crippen LogP contribution in [0.1, 0.15) is 15.9 Å². The first-order valence-electron chi connectivity index (χ1n) is 8.86. The molecule has 31 heavy (non-hydrogen) atoms. The van der Waals surface area contributed by atoms with Gasteiger partial charge in [0.05, 0.1) is 27.9 Å². The predicted octanol–water partition coefficient (Wildman–Crippen LogP) is 4.36. The summed E-state index contributed by atoms with van der Waals surface area (Å²) in [5, 5.41) is 19.7. The van der Waals surface area contributed by atoms with Gasteiger partial charge in [-0.15, -0.1) is 11.8 Å². The first kappa shape index (κ1) is 23.2. The monoisotopic (exact) mass is 522 g/mol. The molecule has 2 amide bonds. The van der Waals surface area contributed by atoms with Crippen molar-refractivity contribution in [3.05, 3.63) is 73.1 Å². The zero-order valence-corrected chi connectivity index (χ0v) is 19.0. The van der Waals surface area contributed by atoms with E-state index in [9.17, 15) is 24.5 Å². The third-order valence-corrected chi connectivity index (χ3v) is 6.65. The minimum atomic E-state index is -0.623. The molecule has 0 spiro atoms. The Kier molecular flexibility index (Phi) is 7.65. The number of benzene rings is 2. The number of amides is 2. The number of carbonyl (C=O) groups is 3. The molecule has 0 bridgehead atoms. The Morgan fingerprint density at radius 3 is 2.58 bits per heavy atom. The van der Waals surface area contributed by atoms with Gasteiger partial charge in [0.2, 0.25) is 0 Å². The molecule has 2 aromatic carbocycles. The number of nitrogens with zero attached hydrogens (tertiary/aromatic N) is 2. The Morgan fingerprint density at radius 2 is 1.94 bits per heavy atom. The molecule has 0 saturated carbocycles. The Labute approximate surface area is 194 Å². The Morgan fingerprint density at radius 1 is 1.23 bits per heavy atom. The van der Waals surface area contributed by atoms with E-state index in [1.165, 1.54) is 18.2 Å². The van der Waals surface area contributed by atoms with Gasteiger partial charge in [-0.1, -0.05) is 34.1 Å². The van der Waals surface area contributed by atoms with Crippen molar-refractivity contribution in [2.24, 2.45) is 0 Å². The number of rotatable bonds is 8. The molecule has 0 aliphatic carbocycles. The van der Waals surface area contributed by atoms with Crippen LogP contribution in [0.15, 0.2) is 56.7 Å². The van der Waals surface area contributed by atoms with Crippen molar-refractivity contribution in [1.82, 2.24) is 4.90 Å². The highest BCUT2D eigenvalue weighted by Crippen LogP contribution is 2.35. The summed E-state index contributed by atoms with van der Waals surface area (Å²) in [6.45, 7) is -0.504. The van der Waals surface area contributed by atoms with Crippen LogP contribution in [0.4, 0.5) is 10.5 Å². The number of halogens is 1. The summed E-state index contributed by atoms with van der Waals surface area (Å²) in [5.74, 6) is -0.690. The number of carbonyl (C=O) groups excluding carboxylic acids is 3. The van der Waals surface area contributed by atoms with Crippen LogP contribution in [0, 0.1) is 10.1 Å². The van der Waals surface area contributed by atoms with Gasteiger partial charge in [-0.05, 0) is 41.6 Å². The van der Waals surface area contributed by atoms with Crippen LogP contribution in [0.25, 0.3) is 6.08 Å². The predicted molar refractivity (Wildman–Crippen MR) is 122 cm³/mol. The second-order valence-electron chi connectivity index (χ2n) is 6.25. The maximum atomic E-state index is 12.7. The van der Waals surface area contributed by atoms with Crippen molar-refractivity contribution in [2.75, 3.05) is 18.9 Å². The number of ketones is 1.